The Morgan fingerprint density at radius 1 is 1.33 bits per heavy atom. The van der Waals surface area contributed by atoms with Crippen molar-refractivity contribution in [3.63, 3.8) is 0 Å². The number of nitrogens with two attached hydrogens (primary N) is 1. The quantitative estimate of drug-likeness (QED) is 0.749. The number of carbonyl (C=O) groups is 2. The van der Waals surface area contributed by atoms with E-state index in [1.165, 1.54) is 0 Å². The van der Waals surface area contributed by atoms with Gasteiger partial charge in [-0.3, -0.25) is 14.5 Å². The standard InChI is InChI=1S/C15H22N4O2/c1-10-8-19(11(2)7-17-10)9-14(20)18-13-5-3-12(4-6-13)15(16)21/h3-6,10-11,17H,7-9H2,1-2H3,(H2,16,21)(H,18,20). The number of primary amides is 1. The zero-order valence-corrected chi connectivity index (χ0v) is 12.4. The largest absolute Gasteiger partial charge is 0.366 e. The third-order valence-electron chi connectivity index (χ3n) is 3.69. The highest BCUT2D eigenvalue weighted by Crippen LogP contribution is 2.10. The maximum absolute atomic E-state index is 12.1. The third-order valence-corrected chi connectivity index (χ3v) is 3.69. The lowest BCUT2D eigenvalue weighted by atomic mass is 10.1. The molecule has 1 aromatic rings. The highest BCUT2D eigenvalue weighted by atomic mass is 16.2. The zero-order chi connectivity index (χ0) is 15.4. The van der Waals surface area contributed by atoms with Crippen molar-refractivity contribution in [2.45, 2.75) is 25.9 Å². The second-order valence-electron chi connectivity index (χ2n) is 5.58. The average Bonchev–Trinajstić information content (AvgIpc) is 2.43. The summed E-state index contributed by atoms with van der Waals surface area (Å²) in [6, 6.07) is 7.30. The number of piperazine rings is 1. The molecule has 0 aliphatic carbocycles. The van der Waals surface area contributed by atoms with Gasteiger partial charge in [0.2, 0.25) is 11.8 Å². The lowest BCUT2D eigenvalue weighted by molar-refractivity contribution is -0.118. The van der Waals surface area contributed by atoms with E-state index >= 15 is 0 Å². The second-order valence-corrected chi connectivity index (χ2v) is 5.58. The van der Waals surface area contributed by atoms with Crippen LogP contribution in [0.5, 0.6) is 0 Å². The van der Waals surface area contributed by atoms with Gasteiger partial charge in [0.15, 0.2) is 0 Å². The van der Waals surface area contributed by atoms with Crippen LogP contribution in [0.2, 0.25) is 0 Å². The van der Waals surface area contributed by atoms with Gasteiger partial charge in [-0.05, 0) is 38.1 Å². The first-order valence-electron chi connectivity index (χ1n) is 7.13. The van der Waals surface area contributed by atoms with Gasteiger partial charge in [-0.25, -0.2) is 0 Å². The molecule has 2 atom stereocenters. The monoisotopic (exact) mass is 290 g/mol. The number of benzene rings is 1. The summed E-state index contributed by atoms with van der Waals surface area (Å²) in [7, 11) is 0. The summed E-state index contributed by atoms with van der Waals surface area (Å²) < 4.78 is 0. The van der Waals surface area contributed by atoms with Crippen molar-refractivity contribution in [2.24, 2.45) is 5.73 Å². The average molecular weight is 290 g/mol. The minimum absolute atomic E-state index is 0.0530. The molecule has 2 unspecified atom stereocenters. The van der Waals surface area contributed by atoms with E-state index in [9.17, 15) is 9.59 Å². The Kier molecular flexibility index (Phi) is 4.93. The molecule has 0 aromatic heterocycles. The zero-order valence-electron chi connectivity index (χ0n) is 12.4. The molecule has 0 saturated carbocycles. The number of nitrogens with zero attached hydrogens (tertiary/aromatic N) is 1. The van der Waals surface area contributed by atoms with Crippen molar-refractivity contribution >= 4 is 17.5 Å². The second kappa shape index (κ2) is 6.69. The van der Waals surface area contributed by atoms with E-state index in [-0.39, 0.29) is 5.91 Å². The fraction of sp³-hybridized carbons (Fsp3) is 0.467. The van der Waals surface area contributed by atoms with Gasteiger partial charge >= 0.3 is 0 Å². The van der Waals surface area contributed by atoms with Crippen LogP contribution in [0.4, 0.5) is 5.69 Å². The maximum Gasteiger partial charge on any atom is 0.248 e. The summed E-state index contributed by atoms with van der Waals surface area (Å²) in [5.41, 5.74) is 6.27. The van der Waals surface area contributed by atoms with Crippen molar-refractivity contribution in [1.29, 1.82) is 0 Å². The van der Waals surface area contributed by atoms with Crippen molar-refractivity contribution in [1.82, 2.24) is 10.2 Å². The summed E-state index contributed by atoms with van der Waals surface area (Å²) in [6.07, 6.45) is 0. The lowest BCUT2D eigenvalue weighted by Crippen LogP contribution is -2.55. The molecule has 2 rings (SSSR count). The van der Waals surface area contributed by atoms with Gasteiger partial charge in [-0.15, -0.1) is 0 Å². The van der Waals surface area contributed by atoms with Crippen LogP contribution in [0.1, 0.15) is 24.2 Å². The molecular formula is C15H22N4O2. The van der Waals surface area contributed by atoms with Crippen LogP contribution in [0.15, 0.2) is 24.3 Å². The molecule has 1 aliphatic rings. The summed E-state index contributed by atoms with van der Waals surface area (Å²) in [6.45, 7) is 6.33. The van der Waals surface area contributed by atoms with Gasteiger partial charge in [0.1, 0.15) is 0 Å². The first kappa shape index (κ1) is 15.5. The van der Waals surface area contributed by atoms with Crippen molar-refractivity contribution < 1.29 is 9.59 Å². The van der Waals surface area contributed by atoms with Crippen LogP contribution >= 0.6 is 0 Å². The van der Waals surface area contributed by atoms with E-state index in [1.807, 2.05) is 0 Å². The van der Waals surface area contributed by atoms with E-state index < -0.39 is 5.91 Å². The van der Waals surface area contributed by atoms with Crippen LogP contribution in [0, 0.1) is 0 Å². The predicted molar refractivity (Wildman–Crippen MR) is 82.1 cm³/mol. The Hall–Kier alpha value is -1.92. The molecule has 6 nitrogen and oxygen atoms in total. The minimum Gasteiger partial charge on any atom is -0.366 e. The predicted octanol–water partition coefficient (Wildman–Crippen LogP) is 0.406. The normalized spacial score (nSPS) is 22.8. The number of hydrogen-bond donors (Lipinski definition) is 3. The van der Waals surface area contributed by atoms with Crippen molar-refractivity contribution in [3.05, 3.63) is 29.8 Å². The Morgan fingerprint density at radius 2 is 2.00 bits per heavy atom. The SMILES string of the molecule is CC1CN(CC(=O)Nc2ccc(C(N)=O)cc2)C(C)CN1. The first-order chi connectivity index (χ1) is 9.95. The molecule has 114 valence electrons. The topological polar surface area (TPSA) is 87.5 Å². The number of hydrogen-bond acceptors (Lipinski definition) is 4. The van der Waals surface area contributed by atoms with Crippen LogP contribution < -0.4 is 16.4 Å². The molecule has 0 bridgehead atoms. The van der Waals surface area contributed by atoms with Gasteiger partial charge in [0, 0.05) is 36.4 Å². The van der Waals surface area contributed by atoms with Crippen LogP contribution in [-0.2, 0) is 4.79 Å². The Morgan fingerprint density at radius 3 is 2.62 bits per heavy atom. The van der Waals surface area contributed by atoms with Gasteiger partial charge < -0.3 is 16.4 Å². The summed E-state index contributed by atoms with van der Waals surface area (Å²) in [5.74, 6) is -0.528. The lowest BCUT2D eigenvalue weighted by Gasteiger charge is -2.36. The van der Waals surface area contributed by atoms with Gasteiger partial charge in [0.25, 0.3) is 0 Å². The van der Waals surface area contributed by atoms with Crippen molar-refractivity contribution in [3.8, 4) is 0 Å². The molecular weight excluding hydrogens is 268 g/mol. The Labute approximate surface area is 124 Å². The van der Waals surface area contributed by atoms with E-state index in [0.717, 1.165) is 13.1 Å². The first-order valence-corrected chi connectivity index (χ1v) is 7.13. The smallest absolute Gasteiger partial charge is 0.248 e. The van der Waals surface area contributed by atoms with Crippen LogP contribution in [-0.4, -0.2) is 48.4 Å². The molecule has 2 amide bonds. The molecule has 6 heteroatoms. The van der Waals surface area contributed by atoms with Gasteiger partial charge in [-0.2, -0.15) is 0 Å². The molecule has 0 spiro atoms. The minimum atomic E-state index is -0.475. The summed E-state index contributed by atoms with van der Waals surface area (Å²) >= 11 is 0. The Balaban J connectivity index is 1.90. The highest BCUT2D eigenvalue weighted by Gasteiger charge is 2.23. The number of anilines is 1. The number of rotatable bonds is 4. The van der Waals surface area contributed by atoms with Gasteiger partial charge in [-0.1, -0.05) is 0 Å². The molecule has 0 radical (unpaired) electrons. The highest BCUT2D eigenvalue weighted by molar-refractivity contribution is 5.95. The molecule has 1 aromatic carbocycles. The van der Waals surface area contributed by atoms with E-state index in [0.29, 0.717) is 29.9 Å². The summed E-state index contributed by atoms with van der Waals surface area (Å²) in [5, 5.41) is 6.22. The number of carbonyl (C=O) groups excluding carboxylic acids is 2. The number of amides is 2. The Bertz CT molecular complexity index is 515. The fourth-order valence-corrected chi connectivity index (χ4v) is 2.42. The third kappa shape index (κ3) is 4.27. The fourth-order valence-electron chi connectivity index (χ4n) is 2.42. The van der Waals surface area contributed by atoms with Crippen molar-refractivity contribution in [2.75, 3.05) is 25.0 Å². The number of nitrogens with one attached hydrogen (secondary N) is 2. The molecule has 21 heavy (non-hydrogen) atoms. The van der Waals surface area contributed by atoms with E-state index in [1.54, 1.807) is 24.3 Å². The van der Waals surface area contributed by atoms with Crippen LogP contribution in [0.25, 0.3) is 0 Å². The molecule has 1 heterocycles. The van der Waals surface area contributed by atoms with E-state index in [2.05, 4.69) is 29.4 Å². The van der Waals surface area contributed by atoms with Gasteiger partial charge in [0.05, 0.1) is 6.54 Å². The molecule has 1 fully saturated rings. The van der Waals surface area contributed by atoms with Crippen LogP contribution in [0.3, 0.4) is 0 Å². The van der Waals surface area contributed by atoms with E-state index in [4.69, 9.17) is 5.73 Å². The molecule has 1 aliphatic heterocycles. The maximum atomic E-state index is 12.1. The molecule has 1 saturated heterocycles. The summed E-state index contributed by atoms with van der Waals surface area (Å²) in [4.78, 5) is 25.2. The molecule has 4 N–H and O–H groups in total.